The van der Waals surface area contributed by atoms with E-state index < -0.39 is 29.2 Å². The Kier molecular flexibility index (Phi) is 7.24. The van der Waals surface area contributed by atoms with Crippen molar-refractivity contribution in [1.29, 1.82) is 0 Å². The van der Waals surface area contributed by atoms with Crippen LogP contribution in [0.2, 0.25) is 0 Å². The Bertz CT molecular complexity index is 1350. The molecule has 5 heterocycles. The highest BCUT2D eigenvalue weighted by molar-refractivity contribution is 8.15. The molecule has 15 heteroatoms. The molecule has 200 valence electrons. The first-order valence-electron chi connectivity index (χ1n) is 11.6. The van der Waals surface area contributed by atoms with Gasteiger partial charge >= 0.3 is 5.97 Å². The maximum absolute atomic E-state index is 13.1. The second-order valence-electron chi connectivity index (χ2n) is 8.99. The smallest absolute Gasteiger partial charge is 0.352 e. The number of carbonyl (C=O) groups is 3. The van der Waals surface area contributed by atoms with E-state index in [-0.39, 0.29) is 27.6 Å². The van der Waals surface area contributed by atoms with E-state index in [1.807, 2.05) is 18.4 Å². The van der Waals surface area contributed by atoms with Crippen LogP contribution in [0.25, 0.3) is 0 Å². The maximum atomic E-state index is 13.1. The summed E-state index contributed by atoms with van der Waals surface area (Å²) in [7, 11) is 1.29. The number of anilines is 1. The normalized spacial score (nSPS) is 24.6. The molecule has 1 aromatic heterocycles. The molecule has 5 rings (SSSR count). The van der Waals surface area contributed by atoms with E-state index in [1.54, 1.807) is 17.1 Å². The predicted molar refractivity (Wildman–Crippen MR) is 147 cm³/mol. The number of aromatic nitrogens is 1. The molecule has 0 saturated carbocycles. The highest BCUT2D eigenvalue weighted by Crippen LogP contribution is 2.42. The van der Waals surface area contributed by atoms with Gasteiger partial charge in [0.2, 0.25) is 0 Å². The number of nitrogens with zero attached hydrogens (tertiary/aromatic N) is 5. The zero-order valence-electron chi connectivity index (χ0n) is 20.7. The quantitative estimate of drug-likeness (QED) is 0.236. The number of thioether (sulfide) groups is 2. The second kappa shape index (κ2) is 10.5. The molecule has 0 spiro atoms. The Morgan fingerprint density at radius 2 is 2.18 bits per heavy atom. The number of oxime groups is 1. The van der Waals surface area contributed by atoms with Gasteiger partial charge in [-0.3, -0.25) is 14.5 Å². The lowest BCUT2D eigenvalue weighted by molar-refractivity contribution is -0.150. The molecule has 4 aliphatic heterocycles. The van der Waals surface area contributed by atoms with E-state index in [0.29, 0.717) is 23.8 Å². The number of rotatable bonds is 8. The van der Waals surface area contributed by atoms with Crippen LogP contribution in [0.15, 0.2) is 50.8 Å². The molecule has 0 radical (unpaired) electrons. The molecule has 0 bridgehead atoms. The van der Waals surface area contributed by atoms with Crippen LogP contribution in [0.1, 0.15) is 19.5 Å². The number of carboxylic acids is 1. The SMILES string of the molecule is CO/N=C(\C(=O)NC1C(=O)N2C(C(=O)O)=C(CN3C=CC=C4N=C(C(C)C)SC43)CS[C@H]12)c1csc(N)n1. The van der Waals surface area contributed by atoms with Crippen molar-refractivity contribution >= 4 is 68.5 Å². The van der Waals surface area contributed by atoms with Crippen LogP contribution < -0.4 is 11.1 Å². The number of aliphatic imine (C=N–C) groups is 1. The molecule has 2 unspecified atom stereocenters. The van der Waals surface area contributed by atoms with E-state index in [9.17, 15) is 19.5 Å². The predicted octanol–water partition coefficient (Wildman–Crippen LogP) is 1.66. The van der Waals surface area contributed by atoms with Gasteiger partial charge in [-0.1, -0.05) is 30.8 Å². The highest BCUT2D eigenvalue weighted by Gasteiger charge is 2.54. The van der Waals surface area contributed by atoms with Gasteiger partial charge in [0, 0.05) is 29.8 Å². The van der Waals surface area contributed by atoms with Crippen molar-refractivity contribution in [3.8, 4) is 0 Å². The summed E-state index contributed by atoms with van der Waals surface area (Å²) in [5, 5.41) is 18.7. The number of nitrogens with two attached hydrogens (primary N) is 1. The Labute approximate surface area is 230 Å². The van der Waals surface area contributed by atoms with Gasteiger partial charge in [-0.05, 0) is 17.7 Å². The molecular weight excluding hydrogens is 550 g/mol. The molecular formula is C23H25N7O5S3. The Morgan fingerprint density at radius 1 is 1.39 bits per heavy atom. The number of thiazole rings is 1. The van der Waals surface area contributed by atoms with Crippen molar-refractivity contribution in [2.24, 2.45) is 16.1 Å². The number of hydrogen-bond acceptors (Lipinski definition) is 12. The number of aliphatic carboxylic acids is 1. The van der Waals surface area contributed by atoms with Crippen molar-refractivity contribution in [2.45, 2.75) is 30.6 Å². The van der Waals surface area contributed by atoms with Gasteiger partial charge in [-0.2, -0.15) is 0 Å². The van der Waals surface area contributed by atoms with E-state index in [0.717, 1.165) is 22.1 Å². The fourth-order valence-electron chi connectivity index (χ4n) is 4.40. The third-order valence-electron chi connectivity index (χ3n) is 6.14. The van der Waals surface area contributed by atoms with Crippen LogP contribution in [-0.4, -0.2) is 84.6 Å². The molecule has 38 heavy (non-hydrogen) atoms. The van der Waals surface area contributed by atoms with Gasteiger partial charge < -0.3 is 25.9 Å². The summed E-state index contributed by atoms with van der Waals surface area (Å²) in [6, 6.07) is -0.918. The molecule has 1 aromatic rings. The molecule has 4 aliphatic rings. The number of allylic oxidation sites excluding steroid dienone is 2. The van der Waals surface area contributed by atoms with E-state index in [2.05, 4.69) is 34.2 Å². The zero-order valence-corrected chi connectivity index (χ0v) is 23.1. The topological polar surface area (TPSA) is 163 Å². The fraction of sp³-hybridized carbons (Fsp3) is 0.391. The van der Waals surface area contributed by atoms with Crippen LogP contribution in [0, 0.1) is 5.92 Å². The molecule has 3 atom stereocenters. The largest absolute Gasteiger partial charge is 0.477 e. The standard InChI is InChI=1S/C23H25N7O5S3/c1-10(2)18-25-12-5-4-6-29(20(12)38-18)7-11-8-36-21-15(19(32)30(21)16(11)22(33)34)27-17(31)14(28-35-3)13-9-37-23(24)26-13/h4-6,9-10,15,20-21H,7-8H2,1-3H3,(H2,24,26)(H,27,31)(H,33,34)/b28-14-/t15?,20?,21-/m1/s1. The number of carboxylic acid groups (broad SMARTS) is 1. The molecule has 2 amide bonds. The molecule has 0 aromatic carbocycles. The van der Waals surface area contributed by atoms with Crippen LogP contribution >= 0.6 is 34.9 Å². The van der Waals surface area contributed by atoms with Gasteiger partial charge in [0.1, 0.15) is 35.3 Å². The fourth-order valence-corrected chi connectivity index (χ4v) is 7.47. The summed E-state index contributed by atoms with van der Waals surface area (Å²) in [6.07, 6.45) is 5.79. The molecule has 1 fully saturated rings. The lowest BCUT2D eigenvalue weighted by Gasteiger charge is -2.49. The summed E-state index contributed by atoms with van der Waals surface area (Å²) < 4.78 is 0. The summed E-state index contributed by atoms with van der Waals surface area (Å²) in [5.41, 5.74) is 7.28. The van der Waals surface area contributed by atoms with Gasteiger partial charge in [0.25, 0.3) is 11.8 Å². The Morgan fingerprint density at radius 3 is 2.84 bits per heavy atom. The molecule has 4 N–H and O–H groups in total. The minimum absolute atomic E-state index is 0.0416. The van der Waals surface area contributed by atoms with Crippen molar-refractivity contribution in [2.75, 3.05) is 25.1 Å². The average Bonchev–Trinajstić information content (AvgIpc) is 3.52. The lowest BCUT2D eigenvalue weighted by Crippen LogP contribution is -2.71. The Balaban J connectivity index is 1.32. The van der Waals surface area contributed by atoms with Crippen molar-refractivity contribution in [1.82, 2.24) is 20.1 Å². The number of nitrogens with one attached hydrogen (secondary N) is 1. The summed E-state index contributed by atoms with van der Waals surface area (Å²) in [6.45, 7) is 4.52. The number of fused-ring (bicyclic) bond motifs is 2. The third kappa shape index (κ3) is 4.69. The monoisotopic (exact) mass is 575 g/mol. The summed E-state index contributed by atoms with van der Waals surface area (Å²) >= 11 is 4.20. The van der Waals surface area contributed by atoms with Crippen molar-refractivity contribution in [3.63, 3.8) is 0 Å². The number of carbonyl (C=O) groups excluding carboxylic acids is 2. The van der Waals surface area contributed by atoms with Crippen LogP contribution in [-0.2, 0) is 19.2 Å². The van der Waals surface area contributed by atoms with Gasteiger partial charge in [-0.25, -0.2) is 14.8 Å². The maximum Gasteiger partial charge on any atom is 0.352 e. The van der Waals surface area contributed by atoms with Crippen molar-refractivity contribution < 1.29 is 24.3 Å². The van der Waals surface area contributed by atoms with E-state index >= 15 is 0 Å². The first kappa shape index (κ1) is 26.3. The van der Waals surface area contributed by atoms with Gasteiger partial charge in [-0.15, -0.1) is 23.1 Å². The summed E-state index contributed by atoms with van der Waals surface area (Å²) in [5.74, 6) is -1.67. The molecule has 0 aliphatic carbocycles. The van der Waals surface area contributed by atoms with Crippen molar-refractivity contribution in [3.05, 3.63) is 46.4 Å². The van der Waals surface area contributed by atoms with Gasteiger partial charge in [0.15, 0.2) is 10.8 Å². The van der Waals surface area contributed by atoms with E-state index in [4.69, 9.17) is 15.6 Å². The first-order valence-corrected chi connectivity index (χ1v) is 14.4. The third-order valence-corrected chi connectivity index (χ3v) is 9.69. The highest BCUT2D eigenvalue weighted by atomic mass is 32.2. The first-order chi connectivity index (χ1) is 18.2. The number of β-lactam (4-membered cyclic amide) rings is 1. The molecule has 12 nitrogen and oxygen atoms in total. The summed E-state index contributed by atoms with van der Waals surface area (Å²) in [4.78, 5) is 55.3. The number of amides is 2. The van der Waals surface area contributed by atoms with Crippen LogP contribution in [0.5, 0.6) is 0 Å². The zero-order chi connectivity index (χ0) is 27.1. The average molecular weight is 576 g/mol. The number of nitrogen functional groups attached to an aromatic ring is 1. The molecule has 1 saturated heterocycles. The second-order valence-corrected chi connectivity index (χ2v) is 12.1. The Hall–Kier alpha value is -3.30. The van der Waals surface area contributed by atoms with Crippen LogP contribution in [0.4, 0.5) is 5.13 Å². The number of hydrogen-bond donors (Lipinski definition) is 3. The van der Waals surface area contributed by atoms with Crippen LogP contribution in [0.3, 0.4) is 0 Å². The lowest BCUT2D eigenvalue weighted by atomic mass is 10.0. The minimum Gasteiger partial charge on any atom is -0.477 e. The van der Waals surface area contributed by atoms with E-state index in [1.165, 1.54) is 23.8 Å². The van der Waals surface area contributed by atoms with Gasteiger partial charge in [0.05, 0.1) is 10.7 Å². The minimum atomic E-state index is -1.18.